The summed E-state index contributed by atoms with van der Waals surface area (Å²) in [6.45, 7) is 7.52. The second-order valence-corrected chi connectivity index (χ2v) is 7.72. The maximum atomic E-state index is 12.7. The lowest BCUT2D eigenvalue weighted by atomic mass is 9.99. The fraction of sp³-hybridized carbons (Fsp3) is 0.938. The highest BCUT2D eigenvalue weighted by atomic mass is 32.2. The first kappa shape index (κ1) is 16.2. The number of hydrogen-bond donors (Lipinski definition) is 1. The summed E-state index contributed by atoms with van der Waals surface area (Å²) in [5.41, 5.74) is 0. The van der Waals surface area contributed by atoms with Crippen molar-refractivity contribution in [3.05, 3.63) is 0 Å². The van der Waals surface area contributed by atoms with Crippen LogP contribution in [0.3, 0.4) is 0 Å². The number of thioether (sulfide) groups is 1. The first-order valence-electron chi connectivity index (χ1n) is 8.35. The summed E-state index contributed by atoms with van der Waals surface area (Å²) in [4.78, 5) is 14.9. The number of carbonyl (C=O) groups excluding carboxylic acids is 1. The minimum atomic E-state index is 0.0464. The van der Waals surface area contributed by atoms with Crippen LogP contribution in [0.5, 0.6) is 0 Å². The summed E-state index contributed by atoms with van der Waals surface area (Å²) >= 11 is 2.07. The Kier molecular flexibility index (Phi) is 6.21. The largest absolute Gasteiger partial charge is 0.325 e. The van der Waals surface area contributed by atoms with Crippen molar-refractivity contribution < 1.29 is 4.79 Å². The molecule has 2 aliphatic heterocycles. The highest BCUT2D eigenvalue weighted by molar-refractivity contribution is 7.99. The fourth-order valence-corrected chi connectivity index (χ4v) is 4.55. The number of nitrogens with zero attached hydrogens (tertiary/aromatic N) is 1. The van der Waals surface area contributed by atoms with Crippen molar-refractivity contribution >= 4 is 17.7 Å². The van der Waals surface area contributed by atoms with Gasteiger partial charge in [-0.15, -0.1) is 0 Å². The lowest BCUT2D eigenvalue weighted by Gasteiger charge is -2.30. The predicted octanol–water partition coefficient (Wildman–Crippen LogP) is 3.24. The monoisotopic (exact) mass is 298 g/mol. The Morgan fingerprint density at radius 1 is 1.40 bits per heavy atom. The molecule has 2 rings (SSSR count). The normalized spacial score (nSPS) is 32.6. The van der Waals surface area contributed by atoms with Crippen molar-refractivity contribution in [2.75, 3.05) is 12.3 Å². The van der Waals surface area contributed by atoms with Crippen LogP contribution in [0.1, 0.15) is 59.3 Å². The molecule has 0 aromatic rings. The van der Waals surface area contributed by atoms with Crippen molar-refractivity contribution in [1.82, 2.24) is 10.2 Å². The third-order valence-electron chi connectivity index (χ3n) is 4.75. The molecule has 1 N–H and O–H groups in total. The molecule has 0 aliphatic carbocycles. The summed E-state index contributed by atoms with van der Waals surface area (Å²) in [7, 11) is 0. The first-order valence-corrected chi connectivity index (χ1v) is 9.40. The van der Waals surface area contributed by atoms with Crippen molar-refractivity contribution in [3.8, 4) is 0 Å². The van der Waals surface area contributed by atoms with Crippen molar-refractivity contribution in [3.63, 3.8) is 0 Å². The molecule has 0 spiro atoms. The van der Waals surface area contributed by atoms with Gasteiger partial charge in [-0.25, -0.2) is 0 Å². The van der Waals surface area contributed by atoms with E-state index >= 15 is 0 Å². The van der Waals surface area contributed by atoms with Gasteiger partial charge in [-0.1, -0.05) is 40.0 Å². The van der Waals surface area contributed by atoms with Gasteiger partial charge in [0.05, 0.1) is 12.2 Å². The third-order valence-corrected chi connectivity index (χ3v) is 6.13. The van der Waals surface area contributed by atoms with E-state index in [1.165, 1.54) is 25.0 Å². The predicted molar refractivity (Wildman–Crippen MR) is 86.9 cm³/mol. The van der Waals surface area contributed by atoms with Crippen molar-refractivity contribution in [2.45, 2.75) is 76.8 Å². The first-order chi connectivity index (χ1) is 9.67. The zero-order valence-corrected chi connectivity index (χ0v) is 14.0. The quantitative estimate of drug-likeness (QED) is 0.817. The summed E-state index contributed by atoms with van der Waals surface area (Å²) in [5.74, 6) is 2.06. The molecule has 2 aliphatic rings. The van der Waals surface area contributed by atoms with Gasteiger partial charge in [0.25, 0.3) is 0 Å². The Balaban J connectivity index is 2.00. The second-order valence-electron chi connectivity index (χ2n) is 6.31. The topological polar surface area (TPSA) is 32.3 Å². The van der Waals surface area contributed by atoms with Gasteiger partial charge in [-0.05, 0) is 30.9 Å². The van der Waals surface area contributed by atoms with Crippen molar-refractivity contribution in [1.29, 1.82) is 0 Å². The average Bonchev–Trinajstić information content (AvgIpc) is 2.77. The third kappa shape index (κ3) is 3.70. The van der Waals surface area contributed by atoms with E-state index in [0.29, 0.717) is 17.1 Å². The zero-order valence-electron chi connectivity index (χ0n) is 13.2. The molecule has 2 saturated heterocycles. The standard InChI is InChI=1S/C16H30N2OS/c1-4-8-14-17-15(12(3)5-2)16(19)18(14)11-13-9-6-7-10-20-13/h12-15,17H,4-11H2,1-3H3. The van der Waals surface area contributed by atoms with Crippen LogP contribution in [0.15, 0.2) is 0 Å². The van der Waals surface area contributed by atoms with Crippen LogP contribution in [0, 0.1) is 5.92 Å². The molecule has 4 unspecified atom stereocenters. The summed E-state index contributed by atoms with van der Waals surface area (Å²) in [6, 6.07) is 0.0464. The van der Waals surface area contributed by atoms with Crippen LogP contribution in [0.2, 0.25) is 0 Å². The Morgan fingerprint density at radius 2 is 2.20 bits per heavy atom. The van der Waals surface area contributed by atoms with Crippen molar-refractivity contribution in [2.24, 2.45) is 5.92 Å². The molecule has 0 aromatic carbocycles. The number of amides is 1. The van der Waals surface area contributed by atoms with Gasteiger partial charge in [0, 0.05) is 11.8 Å². The van der Waals surface area contributed by atoms with Gasteiger partial charge in [-0.2, -0.15) is 11.8 Å². The van der Waals surface area contributed by atoms with Crippen LogP contribution < -0.4 is 5.32 Å². The lowest BCUT2D eigenvalue weighted by molar-refractivity contribution is -0.131. The molecule has 0 saturated carbocycles. The van der Waals surface area contributed by atoms with Gasteiger partial charge in [0.1, 0.15) is 0 Å². The van der Waals surface area contributed by atoms with Gasteiger partial charge < -0.3 is 4.90 Å². The van der Waals surface area contributed by atoms with Gasteiger partial charge >= 0.3 is 0 Å². The lowest BCUT2D eigenvalue weighted by Crippen LogP contribution is -2.41. The van der Waals surface area contributed by atoms with Gasteiger partial charge in [0.15, 0.2) is 0 Å². The number of rotatable bonds is 6. The second kappa shape index (κ2) is 7.69. The van der Waals surface area contributed by atoms with E-state index in [2.05, 4.69) is 42.7 Å². The molecule has 4 atom stereocenters. The molecule has 0 bridgehead atoms. The maximum absolute atomic E-state index is 12.7. The van der Waals surface area contributed by atoms with Crippen LogP contribution in [0.4, 0.5) is 0 Å². The molecule has 0 radical (unpaired) electrons. The summed E-state index contributed by atoms with van der Waals surface area (Å²) < 4.78 is 0. The SMILES string of the molecule is CCCC1NC(C(C)CC)C(=O)N1CC1CCCCS1. The van der Waals surface area contributed by atoms with Crippen LogP contribution in [-0.4, -0.2) is 40.6 Å². The Bertz CT molecular complexity index is 318. The van der Waals surface area contributed by atoms with E-state index in [1.54, 1.807) is 0 Å². The van der Waals surface area contributed by atoms with E-state index in [-0.39, 0.29) is 12.2 Å². The minimum Gasteiger partial charge on any atom is -0.325 e. The van der Waals surface area contributed by atoms with E-state index in [1.807, 2.05) is 0 Å². The molecule has 3 nitrogen and oxygen atoms in total. The molecular weight excluding hydrogens is 268 g/mol. The van der Waals surface area contributed by atoms with E-state index in [0.717, 1.165) is 25.8 Å². The summed E-state index contributed by atoms with van der Waals surface area (Å²) in [6.07, 6.45) is 7.51. The molecule has 2 heterocycles. The molecule has 0 aromatic heterocycles. The molecular formula is C16H30N2OS. The molecule has 20 heavy (non-hydrogen) atoms. The van der Waals surface area contributed by atoms with E-state index in [4.69, 9.17) is 0 Å². The number of carbonyl (C=O) groups is 1. The highest BCUT2D eigenvalue weighted by Gasteiger charge is 2.41. The highest BCUT2D eigenvalue weighted by Crippen LogP contribution is 2.29. The maximum Gasteiger partial charge on any atom is 0.241 e. The summed E-state index contributed by atoms with van der Waals surface area (Å²) in [5, 5.41) is 4.26. The molecule has 116 valence electrons. The smallest absolute Gasteiger partial charge is 0.241 e. The van der Waals surface area contributed by atoms with E-state index < -0.39 is 0 Å². The molecule has 1 amide bonds. The van der Waals surface area contributed by atoms with Crippen LogP contribution in [0.25, 0.3) is 0 Å². The van der Waals surface area contributed by atoms with Gasteiger partial charge in [-0.3, -0.25) is 10.1 Å². The van der Waals surface area contributed by atoms with Gasteiger partial charge in [0.2, 0.25) is 5.91 Å². The fourth-order valence-electron chi connectivity index (χ4n) is 3.24. The Hall–Kier alpha value is -0.220. The van der Waals surface area contributed by atoms with Crippen LogP contribution >= 0.6 is 11.8 Å². The molecule has 2 fully saturated rings. The number of hydrogen-bond acceptors (Lipinski definition) is 3. The average molecular weight is 298 g/mol. The molecule has 4 heteroatoms. The Morgan fingerprint density at radius 3 is 2.80 bits per heavy atom. The Labute approximate surface area is 128 Å². The zero-order chi connectivity index (χ0) is 14.5. The van der Waals surface area contributed by atoms with Crippen LogP contribution in [-0.2, 0) is 4.79 Å². The number of nitrogens with one attached hydrogen (secondary N) is 1. The van der Waals surface area contributed by atoms with E-state index in [9.17, 15) is 4.79 Å². The minimum absolute atomic E-state index is 0.0464.